The summed E-state index contributed by atoms with van der Waals surface area (Å²) in [5.41, 5.74) is -0.120. The molecule has 2 aliphatic rings. The minimum Gasteiger partial charge on any atom is -0.388 e. The molecule has 0 spiro atoms. The standard InChI is InChI=1S/C24H29ClF3N3O3.Na/c1-14-5-4-6-16(21(14)25)22-18(34-13-23(2,3)33)9-10-30(22)20(32)12-31-19(24(26,27)28)11-17(29-31)15-7-8-15;/h4-6,11,15,18,22,33H,7-10,12-13H2,1-3H3;/t18-,22-;/m1./s1. The Morgan fingerprint density at radius 1 is 1.26 bits per heavy atom. The maximum absolute atomic E-state index is 13.6. The first kappa shape index (κ1) is 28.5. The van der Waals surface area contributed by atoms with Gasteiger partial charge in [-0.3, -0.25) is 9.48 Å². The first-order valence-corrected chi connectivity index (χ1v) is 11.8. The van der Waals surface area contributed by atoms with Crippen molar-refractivity contribution in [2.45, 2.75) is 76.4 Å². The molecule has 2 aromatic rings. The summed E-state index contributed by atoms with van der Waals surface area (Å²) in [6.07, 6.45) is -2.99. The second-order valence-corrected chi connectivity index (χ2v) is 10.2. The molecule has 0 bridgehead atoms. The molecule has 1 aliphatic carbocycles. The van der Waals surface area contributed by atoms with Crippen LogP contribution in [0.4, 0.5) is 13.2 Å². The Labute approximate surface area is 230 Å². The largest absolute Gasteiger partial charge is 0.433 e. The number of hydrogen-bond acceptors (Lipinski definition) is 4. The van der Waals surface area contributed by atoms with Crippen molar-refractivity contribution in [3.05, 3.63) is 51.8 Å². The van der Waals surface area contributed by atoms with E-state index in [4.69, 9.17) is 16.3 Å². The van der Waals surface area contributed by atoms with Crippen LogP contribution in [-0.2, 0) is 22.3 Å². The van der Waals surface area contributed by atoms with Gasteiger partial charge in [0, 0.05) is 47.0 Å². The molecule has 2 heterocycles. The van der Waals surface area contributed by atoms with Crippen molar-refractivity contribution in [3.63, 3.8) is 0 Å². The number of rotatable bonds is 7. The number of amides is 1. The molecule has 187 valence electrons. The zero-order chi connectivity index (χ0) is 24.8. The molecule has 1 aliphatic heterocycles. The molecule has 0 unspecified atom stereocenters. The van der Waals surface area contributed by atoms with Gasteiger partial charge in [-0.25, -0.2) is 0 Å². The van der Waals surface area contributed by atoms with Crippen LogP contribution in [0.5, 0.6) is 0 Å². The van der Waals surface area contributed by atoms with E-state index >= 15 is 0 Å². The number of halogens is 4. The van der Waals surface area contributed by atoms with Gasteiger partial charge in [0.25, 0.3) is 0 Å². The Bertz CT molecular complexity index is 1070. The Morgan fingerprint density at radius 2 is 1.94 bits per heavy atom. The van der Waals surface area contributed by atoms with E-state index in [-0.39, 0.29) is 42.1 Å². The Balaban J connectivity index is 0.00000342. The van der Waals surface area contributed by atoms with Gasteiger partial charge in [-0.2, -0.15) is 18.3 Å². The molecule has 1 saturated heterocycles. The molecule has 6 nitrogen and oxygen atoms in total. The second-order valence-electron chi connectivity index (χ2n) is 9.84. The van der Waals surface area contributed by atoms with Crippen molar-refractivity contribution in [1.29, 1.82) is 0 Å². The Kier molecular flexibility index (Phi) is 8.72. The zero-order valence-electron chi connectivity index (χ0n) is 20.4. The zero-order valence-corrected chi connectivity index (χ0v) is 23.2. The number of ether oxygens (including phenoxy) is 1. The van der Waals surface area contributed by atoms with E-state index in [2.05, 4.69) is 5.10 Å². The molecule has 1 N–H and O–H groups in total. The summed E-state index contributed by atoms with van der Waals surface area (Å²) < 4.78 is 47.7. The third-order valence-electron chi connectivity index (χ3n) is 6.22. The molecule has 11 heteroatoms. The van der Waals surface area contributed by atoms with Gasteiger partial charge in [-0.05, 0) is 57.2 Å². The van der Waals surface area contributed by atoms with Gasteiger partial charge in [0.2, 0.25) is 5.91 Å². The molecule has 4 rings (SSSR count). The van der Waals surface area contributed by atoms with Crippen molar-refractivity contribution in [2.75, 3.05) is 13.2 Å². The first-order chi connectivity index (χ1) is 15.8. The predicted molar refractivity (Wildman–Crippen MR) is 126 cm³/mol. The number of carbonyl (C=O) groups is 1. The van der Waals surface area contributed by atoms with E-state index in [1.54, 1.807) is 19.9 Å². The number of aromatic nitrogens is 2. The van der Waals surface area contributed by atoms with Crippen LogP contribution in [0.1, 0.15) is 67.6 Å². The predicted octanol–water partition coefficient (Wildman–Crippen LogP) is 4.49. The number of likely N-dealkylation sites (tertiary alicyclic amines) is 1. The fourth-order valence-corrected chi connectivity index (χ4v) is 4.62. The van der Waals surface area contributed by atoms with Crippen LogP contribution in [0.25, 0.3) is 0 Å². The number of carbonyl (C=O) groups excluding carboxylic acids is 1. The summed E-state index contributed by atoms with van der Waals surface area (Å²) in [5.74, 6) is -0.462. The quantitative estimate of drug-likeness (QED) is 0.544. The summed E-state index contributed by atoms with van der Waals surface area (Å²) in [6.45, 7) is 4.89. The van der Waals surface area contributed by atoms with Gasteiger partial charge >= 0.3 is 6.18 Å². The summed E-state index contributed by atoms with van der Waals surface area (Å²) >= 11 is 6.58. The van der Waals surface area contributed by atoms with Crippen molar-refractivity contribution in [3.8, 4) is 0 Å². The third-order valence-corrected chi connectivity index (χ3v) is 6.74. The van der Waals surface area contributed by atoms with Gasteiger partial charge in [0.05, 0.1) is 30.0 Å². The second kappa shape index (κ2) is 10.7. The normalized spacial score (nSPS) is 20.7. The maximum atomic E-state index is 13.6. The number of alkyl halides is 3. The summed E-state index contributed by atoms with van der Waals surface area (Å²) in [6, 6.07) is 5.93. The topological polar surface area (TPSA) is 67.6 Å². The molecular weight excluding hydrogens is 494 g/mol. The minimum absolute atomic E-state index is 0. The third kappa shape index (κ3) is 6.62. The Hall–Kier alpha value is -1.10. The fourth-order valence-electron chi connectivity index (χ4n) is 4.38. The van der Waals surface area contributed by atoms with Crippen molar-refractivity contribution in [2.24, 2.45) is 0 Å². The number of hydrogen-bond donors (Lipinski definition) is 1. The monoisotopic (exact) mass is 522 g/mol. The van der Waals surface area contributed by atoms with Gasteiger partial charge in [0.1, 0.15) is 12.2 Å². The van der Waals surface area contributed by atoms with E-state index in [0.717, 1.165) is 29.2 Å². The SMILES string of the molecule is Cc1cccc([C@@H]2[C@H](OCC(C)(C)O)CCN2C(=O)Cn2nc(C3CC3)cc2C(F)(F)F)c1Cl.[Na]. The number of benzene rings is 1. The van der Waals surface area contributed by atoms with E-state index < -0.39 is 42.1 Å². The molecule has 1 saturated carbocycles. The maximum Gasteiger partial charge on any atom is 0.433 e. The molecule has 2 fully saturated rings. The van der Waals surface area contributed by atoms with Crippen LogP contribution in [-0.4, -0.2) is 80.1 Å². The van der Waals surface area contributed by atoms with Crippen LogP contribution in [0, 0.1) is 6.92 Å². The van der Waals surface area contributed by atoms with Gasteiger partial charge in [-0.15, -0.1) is 0 Å². The van der Waals surface area contributed by atoms with Crippen molar-refractivity contribution >= 4 is 47.1 Å². The van der Waals surface area contributed by atoms with Crippen LogP contribution in [0.3, 0.4) is 0 Å². The molecular formula is C24H29ClF3N3NaO3. The van der Waals surface area contributed by atoms with Crippen molar-refractivity contribution < 1.29 is 27.8 Å². The fraction of sp³-hybridized carbons (Fsp3) is 0.583. The summed E-state index contributed by atoms with van der Waals surface area (Å²) in [5, 5.41) is 14.7. The average Bonchev–Trinajstić information content (AvgIpc) is 3.34. The smallest absolute Gasteiger partial charge is 0.388 e. The van der Waals surface area contributed by atoms with E-state index in [9.17, 15) is 23.1 Å². The van der Waals surface area contributed by atoms with Gasteiger partial charge in [-0.1, -0.05) is 29.8 Å². The van der Waals surface area contributed by atoms with Gasteiger partial charge < -0.3 is 14.7 Å². The van der Waals surface area contributed by atoms with Crippen LogP contribution >= 0.6 is 11.6 Å². The molecule has 1 amide bonds. The van der Waals surface area contributed by atoms with Crippen LogP contribution in [0.15, 0.2) is 24.3 Å². The molecule has 1 aromatic heterocycles. The minimum atomic E-state index is -4.61. The summed E-state index contributed by atoms with van der Waals surface area (Å²) in [7, 11) is 0. The van der Waals surface area contributed by atoms with Gasteiger partial charge in [0.15, 0.2) is 0 Å². The van der Waals surface area contributed by atoms with E-state index in [1.165, 1.54) is 4.90 Å². The van der Waals surface area contributed by atoms with E-state index in [0.29, 0.717) is 29.2 Å². The van der Waals surface area contributed by atoms with Crippen LogP contribution in [0.2, 0.25) is 5.02 Å². The molecule has 2 atom stereocenters. The average molecular weight is 523 g/mol. The van der Waals surface area contributed by atoms with E-state index in [1.807, 2.05) is 19.1 Å². The first-order valence-electron chi connectivity index (χ1n) is 11.4. The molecule has 1 aromatic carbocycles. The molecule has 35 heavy (non-hydrogen) atoms. The summed E-state index contributed by atoms with van der Waals surface area (Å²) in [4.78, 5) is 14.9. The number of nitrogens with zero attached hydrogens (tertiary/aromatic N) is 3. The molecule has 1 radical (unpaired) electrons. The van der Waals surface area contributed by atoms with Crippen LogP contribution < -0.4 is 0 Å². The number of aliphatic hydroxyl groups is 1. The Morgan fingerprint density at radius 3 is 2.54 bits per heavy atom. The number of aryl methyl sites for hydroxylation is 1. The van der Waals surface area contributed by atoms with Crippen molar-refractivity contribution in [1.82, 2.24) is 14.7 Å².